The quantitative estimate of drug-likeness (QED) is 0.819. The normalized spacial score (nSPS) is 12.9. The highest BCUT2D eigenvalue weighted by molar-refractivity contribution is 7.91. The molecule has 0 aliphatic carbocycles. The Morgan fingerprint density at radius 1 is 1.24 bits per heavy atom. The van der Waals surface area contributed by atoms with Crippen LogP contribution in [0.1, 0.15) is 40.0 Å². The summed E-state index contributed by atoms with van der Waals surface area (Å²) in [4.78, 5) is 0. The maximum atomic E-state index is 12.1. The molecular weight excluding hydrogens is 260 g/mol. The number of hydrogen-bond donors (Lipinski definition) is 2. The van der Waals surface area contributed by atoms with E-state index in [2.05, 4.69) is 14.9 Å². The number of nitrogens with zero attached hydrogens (tertiary/aromatic N) is 2. The molecule has 0 atom stereocenters. The van der Waals surface area contributed by atoms with Gasteiger partial charge in [0.2, 0.25) is 9.47 Å². The highest BCUT2D eigenvalue weighted by Crippen LogP contribution is 2.24. The molecule has 0 radical (unpaired) electrons. The molecule has 1 heterocycles. The maximum absolute atomic E-state index is 12.1. The number of hydrogen-bond acceptors (Lipinski definition) is 6. The Morgan fingerprint density at radius 3 is 2.12 bits per heavy atom. The molecule has 0 saturated heterocycles. The number of rotatable bonds is 6. The molecule has 0 aliphatic heterocycles. The maximum Gasteiger partial charge on any atom is 0.270 e. The molecule has 0 amide bonds. The van der Waals surface area contributed by atoms with Gasteiger partial charge >= 0.3 is 0 Å². The summed E-state index contributed by atoms with van der Waals surface area (Å²) in [7, 11) is -3.62. The Balaban J connectivity index is 3.00. The fourth-order valence-corrected chi connectivity index (χ4v) is 4.03. The molecule has 1 rings (SSSR count). The van der Waals surface area contributed by atoms with Crippen LogP contribution in [0.25, 0.3) is 0 Å². The SMILES string of the molecule is CCC(CC)(CC)NS(=O)(=O)c1nnc(N)s1. The van der Waals surface area contributed by atoms with Crippen molar-refractivity contribution in [1.82, 2.24) is 14.9 Å². The van der Waals surface area contributed by atoms with Crippen LogP contribution in [-0.4, -0.2) is 24.2 Å². The topological polar surface area (TPSA) is 98.0 Å². The van der Waals surface area contributed by atoms with Gasteiger partial charge < -0.3 is 5.73 Å². The van der Waals surface area contributed by atoms with Crippen LogP contribution in [0, 0.1) is 0 Å². The van der Waals surface area contributed by atoms with Crippen LogP contribution in [-0.2, 0) is 10.0 Å². The van der Waals surface area contributed by atoms with E-state index in [9.17, 15) is 8.42 Å². The van der Waals surface area contributed by atoms with Gasteiger partial charge in [-0.25, -0.2) is 13.1 Å². The second-order valence-electron chi connectivity index (χ2n) is 3.85. The van der Waals surface area contributed by atoms with Crippen molar-refractivity contribution in [3.63, 3.8) is 0 Å². The highest BCUT2D eigenvalue weighted by Gasteiger charge is 2.32. The third-order valence-corrected chi connectivity index (χ3v) is 5.73. The van der Waals surface area contributed by atoms with Crippen molar-refractivity contribution in [2.45, 2.75) is 49.9 Å². The summed E-state index contributed by atoms with van der Waals surface area (Å²) in [6.07, 6.45) is 2.19. The van der Waals surface area contributed by atoms with Crippen LogP contribution in [0.2, 0.25) is 0 Å². The van der Waals surface area contributed by atoms with Crippen molar-refractivity contribution >= 4 is 26.5 Å². The average Bonchev–Trinajstić information content (AvgIpc) is 2.74. The third kappa shape index (κ3) is 3.14. The van der Waals surface area contributed by atoms with E-state index in [-0.39, 0.29) is 9.47 Å². The predicted octanol–water partition coefficient (Wildman–Crippen LogP) is 1.37. The van der Waals surface area contributed by atoms with Crippen LogP contribution in [0.15, 0.2) is 4.34 Å². The van der Waals surface area contributed by atoms with Crippen LogP contribution < -0.4 is 10.5 Å². The van der Waals surface area contributed by atoms with E-state index in [1.165, 1.54) is 0 Å². The molecule has 0 bridgehead atoms. The second-order valence-corrected chi connectivity index (χ2v) is 6.72. The minimum absolute atomic E-state index is 0.0743. The first-order valence-electron chi connectivity index (χ1n) is 5.52. The van der Waals surface area contributed by atoms with Gasteiger partial charge in [0, 0.05) is 5.54 Å². The summed E-state index contributed by atoms with van der Waals surface area (Å²) in [5, 5.41) is 7.24. The molecule has 6 nitrogen and oxygen atoms in total. The van der Waals surface area contributed by atoms with Crippen molar-refractivity contribution in [2.24, 2.45) is 0 Å². The Labute approximate surface area is 106 Å². The van der Waals surface area contributed by atoms with Gasteiger partial charge in [0.1, 0.15) is 0 Å². The van der Waals surface area contributed by atoms with Gasteiger partial charge in [0.05, 0.1) is 0 Å². The number of sulfonamides is 1. The number of anilines is 1. The average molecular weight is 278 g/mol. The molecule has 0 aromatic carbocycles. The van der Waals surface area contributed by atoms with Gasteiger partial charge in [0.25, 0.3) is 10.0 Å². The summed E-state index contributed by atoms with van der Waals surface area (Å²) in [6, 6.07) is 0. The Kier molecular flexibility index (Phi) is 4.45. The second kappa shape index (κ2) is 5.28. The molecule has 1 aromatic rings. The zero-order valence-electron chi connectivity index (χ0n) is 10.2. The van der Waals surface area contributed by atoms with Crippen molar-refractivity contribution in [3.05, 3.63) is 0 Å². The Bertz CT molecular complexity index is 457. The minimum Gasteiger partial charge on any atom is -0.374 e. The van der Waals surface area contributed by atoms with Crippen LogP contribution in [0.3, 0.4) is 0 Å². The molecule has 1 aromatic heterocycles. The smallest absolute Gasteiger partial charge is 0.270 e. The van der Waals surface area contributed by atoms with Gasteiger partial charge in [-0.05, 0) is 19.3 Å². The lowest BCUT2D eigenvalue weighted by Gasteiger charge is -2.30. The molecule has 98 valence electrons. The van der Waals surface area contributed by atoms with Crippen molar-refractivity contribution in [2.75, 3.05) is 5.73 Å². The van der Waals surface area contributed by atoms with E-state index in [1.54, 1.807) is 0 Å². The van der Waals surface area contributed by atoms with Crippen molar-refractivity contribution in [1.29, 1.82) is 0 Å². The lowest BCUT2D eigenvalue weighted by molar-refractivity contribution is 0.341. The number of aromatic nitrogens is 2. The fraction of sp³-hybridized carbons (Fsp3) is 0.778. The fourth-order valence-electron chi connectivity index (χ4n) is 1.62. The van der Waals surface area contributed by atoms with Gasteiger partial charge in [-0.3, -0.25) is 0 Å². The first-order chi connectivity index (χ1) is 7.89. The summed E-state index contributed by atoms with van der Waals surface area (Å²) in [6.45, 7) is 5.89. The molecule has 0 spiro atoms. The summed E-state index contributed by atoms with van der Waals surface area (Å²) in [5.41, 5.74) is 4.97. The van der Waals surface area contributed by atoms with E-state index in [0.29, 0.717) is 0 Å². The first-order valence-corrected chi connectivity index (χ1v) is 7.82. The molecule has 17 heavy (non-hydrogen) atoms. The van der Waals surface area contributed by atoms with E-state index >= 15 is 0 Å². The van der Waals surface area contributed by atoms with Gasteiger partial charge in [-0.2, -0.15) is 0 Å². The Morgan fingerprint density at radius 2 is 1.76 bits per heavy atom. The number of nitrogens with two attached hydrogens (primary N) is 1. The number of nitrogen functional groups attached to an aromatic ring is 1. The molecule has 0 saturated carbocycles. The summed E-state index contributed by atoms with van der Waals surface area (Å²) < 4.78 is 26.8. The van der Waals surface area contributed by atoms with Crippen molar-refractivity contribution in [3.8, 4) is 0 Å². The lowest BCUT2D eigenvalue weighted by Crippen LogP contribution is -2.46. The first kappa shape index (κ1) is 14.3. The molecule has 0 fully saturated rings. The molecule has 8 heteroatoms. The van der Waals surface area contributed by atoms with Gasteiger partial charge in [0.15, 0.2) is 0 Å². The predicted molar refractivity (Wildman–Crippen MR) is 68.2 cm³/mol. The Hall–Kier alpha value is -0.730. The van der Waals surface area contributed by atoms with Crippen molar-refractivity contribution < 1.29 is 8.42 Å². The third-order valence-electron chi connectivity index (χ3n) is 3.03. The lowest BCUT2D eigenvalue weighted by atomic mass is 9.91. The van der Waals surface area contributed by atoms with E-state index in [0.717, 1.165) is 30.6 Å². The monoisotopic (exact) mass is 278 g/mol. The molecule has 0 aliphatic rings. The van der Waals surface area contributed by atoms with Gasteiger partial charge in [-0.15, -0.1) is 10.2 Å². The summed E-state index contributed by atoms with van der Waals surface area (Å²) in [5.74, 6) is 0. The largest absolute Gasteiger partial charge is 0.374 e. The van der Waals surface area contributed by atoms with E-state index < -0.39 is 15.6 Å². The standard InChI is InChI=1S/C9H18N4O2S2/c1-4-9(5-2,6-3)13-17(14,15)8-12-11-7(10)16-8/h13H,4-6H2,1-3H3,(H2,10,11). The molecular formula is C9H18N4O2S2. The number of nitrogens with one attached hydrogen (secondary N) is 1. The van der Waals surface area contributed by atoms with Crippen LogP contribution >= 0.6 is 11.3 Å². The molecule has 3 N–H and O–H groups in total. The minimum atomic E-state index is -3.62. The zero-order valence-corrected chi connectivity index (χ0v) is 11.9. The zero-order chi connectivity index (χ0) is 13.1. The van der Waals surface area contributed by atoms with Crippen LogP contribution in [0.5, 0.6) is 0 Å². The summed E-state index contributed by atoms with van der Waals surface area (Å²) >= 11 is 0.872. The highest BCUT2D eigenvalue weighted by atomic mass is 32.2. The molecule has 0 unspecified atom stereocenters. The van der Waals surface area contributed by atoms with Gasteiger partial charge in [-0.1, -0.05) is 32.1 Å². The van der Waals surface area contributed by atoms with E-state index in [1.807, 2.05) is 20.8 Å². The van der Waals surface area contributed by atoms with Crippen LogP contribution in [0.4, 0.5) is 5.13 Å². The van der Waals surface area contributed by atoms with E-state index in [4.69, 9.17) is 5.73 Å².